The van der Waals surface area contributed by atoms with Crippen LogP contribution in [0.3, 0.4) is 0 Å². The molecule has 0 spiro atoms. The van der Waals surface area contributed by atoms with E-state index in [0.29, 0.717) is 17.8 Å². The second-order valence-electron chi connectivity index (χ2n) is 9.79. The summed E-state index contributed by atoms with van der Waals surface area (Å²) in [6.45, 7) is 4.43. The second kappa shape index (κ2) is 9.52. The largest absolute Gasteiger partial charge is 0.497 e. The molecule has 0 radical (unpaired) electrons. The van der Waals surface area contributed by atoms with Gasteiger partial charge in [-0.2, -0.15) is 0 Å². The molecule has 1 saturated carbocycles. The van der Waals surface area contributed by atoms with Gasteiger partial charge in [0.25, 0.3) is 11.4 Å². The highest BCUT2D eigenvalue weighted by Gasteiger charge is 2.47. The van der Waals surface area contributed by atoms with E-state index in [0.717, 1.165) is 50.3 Å². The van der Waals surface area contributed by atoms with Crippen molar-refractivity contribution in [1.82, 2.24) is 0 Å². The summed E-state index contributed by atoms with van der Waals surface area (Å²) >= 11 is 0. The molecule has 0 saturated heterocycles. The molecule has 1 fully saturated rings. The molecular formula is C26H31N3O5. The van der Waals surface area contributed by atoms with Gasteiger partial charge in [-0.15, -0.1) is 0 Å². The Morgan fingerprint density at radius 1 is 1.12 bits per heavy atom. The van der Waals surface area contributed by atoms with Crippen molar-refractivity contribution in [3.63, 3.8) is 0 Å². The van der Waals surface area contributed by atoms with Crippen molar-refractivity contribution >= 4 is 23.3 Å². The van der Waals surface area contributed by atoms with Crippen molar-refractivity contribution in [3.8, 4) is 5.75 Å². The Morgan fingerprint density at radius 2 is 1.82 bits per heavy atom. The lowest BCUT2D eigenvalue weighted by Gasteiger charge is -2.50. The Labute approximate surface area is 199 Å². The molecule has 2 aromatic rings. The van der Waals surface area contributed by atoms with Crippen molar-refractivity contribution in [2.75, 3.05) is 7.11 Å². The standard InChI is InChI=1S/C26H31N3O5/c1-4-5-25-24-8-6-17-12-21(34-3)7-9-22(17)23(24)10-11-26(25,2)16-27-18-13-19(28(30)31)15-20(14-18)29(32)33/h7,9,12-16,23-25H,4-6,8,10-11H2,1-3H3/t23-,24-,25+,26-/m1/s1. The van der Waals surface area contributed by atoms with Crippen molar-refractivity contribution in [2.24, 2.45) is 22.2 Å². The average molecular weight is 466 g/mol. The molecule has 2 aromatic carbocycles. The van der Waals surface area contributed by atoms with E-state index in [-0.39, 0.29) is 22.5 Å². The third-order valence-corrected chi connectivity index (χ3v) is 7.79. The summed E-state index contributed by atoms with van der Waals surface area (Å²) in [6, 6.07) is 10.0. The lowest BCUT2D eigenvalue weighted by atomic mass is 9.54. The number of non-ortho nitro benzene ring substituents is 2. The lowest BCUT2D eigenvalue weighted by Crippen LogP contribution is -2.43. The highest BCUT2D eigenvalue weighted by Crippen LogP contribution is 2.55. The second-order valence-corrected chi connectivity index (χ2v) is 9.79. The molecule has 0 N–H and O–H groups in total. The number of hydrogen-bond donors (Lipinski definition) is 0. The van der Waals surface area contributed by atoms with Gasteiger partial charge in [0.05, 0.1) is 28.7 Å². The van der Waals surface area contributed by atoms with Crippen molar-refractivity contribution in [3.05, 3.63) is 67.8 Å². The molecule has 180 valence electrons. The third kappa shape index (κ3) is 4.54. The van der Waals surface area contributed by atoms with E-state index in [1.807, 2.05) is 6.21 Å². The molecule has 0 aromatic heterocycles. The molecule has 2 aliphatic rings. The number of benzene rings is 2. The summed E-state index contributed by atoms with van der Waals surface area (Å²) in [5, 5.41) is 22.5. The maximum atomic E-state index is 11.3. The van der Waals surface area contributed by atoms with Crippen LogP contribution in [0.1, 0.15) is 63.0 Å². The van der Waals surface area contributed by atoms with Crippen LogP contribution in [0.25, 0.3) is 0 Å². The number of nitro groups is 2. The summed E-state index contributed by atoms with van der Waals surface area (Å²) in [5.74, 6) is 2.36. The zero-order chi connectivity index (χ0) is 24.5. The number of hydrogen-bond acceptors (Lipinski definition) is 6. The van der Waals surface area contributed by atoms with Crippen LogP contribution in [0.2, 0.25) is 0 Å². The lowest BCUT2D eigenvalue weighted by molar-refractivity contribution is -0.394. The fraction of sp³-hybridized carbons (Fsp3) is 0.500. The number of aliphatic imine (C=N–C) groups is 1. The van der Waals surface area contributed by atoms with Crippen LogP contribution >= 0.6 is 0 Å². The number of aryl methyl sites for hydroxylation is 1. The number of fused-ring (bicyclic) bond motifs is 3. The molecule has 8 nitrogen and oxygen atoms in total. The van der Waals surface area contributed by atoms with Crippen molar-refractivity contribution in [2.45, 2.75) is 58.3 Å². The normalized spacial score (nSPS) is 26.0. The van der Waals surface area contributed by atoms with E-state index in [4.69, 9.17) is 4.74 Å². The first-order valence-corrected chi connectivity index (χ1v) is 11.9. The number of rotatable bonds is 7. The first-order chi connectivity index (χ1) is 16.3. The maximum Gasteiger partial charge on any atom is 0.278 e. The highest BCUT2D eigenvalue weighted by molar-refractivity contribution is 5.72. The molecule has 2 aliphatic carbocycles. The van der Waals surface area contributed by atoms with Crippen LogP contribution in [0.5, 0.6) is 5.75 Å². The summed E-state index contributed by atoms with van der Waals surface area (Å²) in [4.78, 5) is 25.9. The van der Waals surface area contributed by atoms with Crippen LogP contribution < -0.4 is 4.74 Å². The first kappa shape index (κ1) is 23.9. The fourth-order valence-electron chi connectivity index (χ4n) is 6.14. The SMILES string of the molecule is CCC[C@H]1[C@@H]2CCc3cc(OC)ccc3[C@H]2CC[C@]1(C)C=Nc1cc([N+](=O)[O-])cc([N+](=O)[O-])c1. The van der Waals surface area contributed by atoms with E-state index in [1.165, 1.54) is 23.3 Å². The Balaban J connectivity index is 1.65. The van der Waals surface area contributed by atoms with E-state index in [2.05, 4.69) is 37.0 Å². The number of nitro benzene ring substituents is 2. The molecule has 8 heteroatoms. The molecule has 4 rings (SSSR count). The van der Waals surface area contributed by atoms with Gasteiger partial charge in [0.15, 0.2) is 0 Å². The summed E-state index contributed by atoms with van der Waals surface area (Å²) < 4.78 is 5.43. The Hall–Kier alpha value is -3.29. The summed E-state index contributed by atoms with van der Waals surface area (Å²) in [6.07, 6.45) is 8.18. The fourth-order valence-corrected chi connectivity index (χ4v) is 6.14. The summed E-state index contributed by atoms with van der Waals surface area (Å²) in [5.41, 5.74) is 2.25. The monoisotopic (exact) mass is 465 g/mol. The molecule has 0 bridgehead atoms. The van der Waals surface area contributed by atoms with E-state index in [9.17, 15) is 20.2 Å². The van der Waals surface area contributed by atoms with Gasteiger partial charge in [0.2, 0.25) is 0 Å². The molecule has 34 heavy (non-hydrogen) atoms. The molecular weight excluding hydrogens is 434 g/mol. The molecule has 0 amide bonds. The Kier molecular flexibility index (Phi) is 6.68. The third-order valence-electron chi connectivity index (χ3n) is 7.79. The minimum Gasteiger partial charge on any atom is -0.497 e. The van der Waals surface area contributed by atoms with Crippen LogP contribution in [-0.4, -0.2) is 23.2 Å². The highest BCUT2D eigenvalue weighted by atomic mass is 16.6. The minimum atomic E-state index is -0.618. The molecule has 4 atom stereocenters. The van der Waals surface area contributed by atoms with Gasteiger partial charge in [-0.25, -0.2) is 0 Å². The van der Waals surface area contributed by atoms with Crippen LogP contribution in [0.15, 0.2) is 41.4 Å². The number of methoxy groups -OCH3 is 1. The van der Waals surface area contributed by atoms with E-state index >= 15 is 0 Å². The smallest absolute Gasteiger partial charge is 0.278 e. The molecule has 0 unspecified atom stereocenters. The first-order valence-electron chi connectivity index (χ1n) is 11.9. The number of ether oxygens (including phenoxy) is 1. The van der Waals surface area contributed by atoms with Crippen molar-refractivity contribution in [1.29, 1.82) is 0 Å². The predicted molar refractivity (Wildman–Crippen MR) is 131 cm³/mol. The van der Waals surface area contributed by atoms with Crippen LogP contribution in [0.4, 0.5) is 17.1 Å². The van der Waals surface area contributed by atoms with Gasteiger partial charge >= 0.3 is 0 Å². The minimum absolute atomic E-state index is 0.180. The van der Waals surface area contributed by atoms with Crippen molar-refractivity contribution < 1.29 is 14.6 Å². The van der Waals surface area contributed by atoms with E-state index in [1.54, 1.807) is 7.11 Å². The topological polar surface area (TPSA) is 108 Å². The van der Waals surface area contributed by atoms with Crippen LogP contribution in [-0.2, 0) is 6.42 Å². The van der Waals surface area contributed by atoms with Gasteiger partial charge in [-0.1, -0.05) is 26.3 Å². The van der Waals surface area contributed by atoms with Gasteiger partial charge < -0.3 is 4.74 Å². The predicted octanol–water partition coefficient (Wildman–Crippen LogP) is 6.78. The van der Waals surface area contributed by atoms with Gasteiger partial charge in [-0.3, -0.25) is 25.2 Å². The zero-order valence-corrected chi connectivity index (χ0v) is 19.9. The van der Waals surface area contributed by atoms with Crippen LogP contribution in [0, 0.1) is 37.5 Å². The average Bonchev–Trinajstić information content (AvgIpc) is 2.83. The van der Waals surface area contributed by atoms with Gasteiger partial charge in [0.1, 0.15) is 5.75 Å². The summed E-state index contributed by atoms with van der Waals surface area (Å²) in [7, 11) is 1.70. The molecule has 0 aliphatic heterocycles. The number of nitrogens with zero attached hydrogens (tertiary/aromatic N) is 3. The zero-order valence-electron chi connectivity index (χ0n) is 19.9. The van der Waals surface area contributed by atoms with Gasteiger partial charge in [-0.05, 0) is 73.1 Å². The van der Waals surface area contributed by atoms with E-state index < -0.39 is 9.85 Å². The molecule has 0 heterocycles. The quantitative estimate of drug-likeness (QED) is 0.254. The Bertz CT molecular complexity index is 1100. The maximum absolute atomic E-state index is 11.3. The Morgan fingerprint density at radius 3 is 2.44 bits per heavy atom. The van der Waals surface area contributed by atoms with Gasteiger partial charge in [0, 0.05) is 23.8 Å².